The summed E-state index contributed by atoms with van der Waals surface area (Å²) < 4.78 is 5.45. The van der Waals surface area contributed by atoms with Gasteiger partial charge in [-0.2, -0.15) is 0 Å². The molecule has 0 spiro atoms. The van der Waals surface area contributed by atoms with Crippen LogP contribution in [-0.2, 0) is 4.74 Å². The third-order valence-electron chi connectivity index (χ3n) is 4.96. The van der Waals surface area contributed by atoms with E-state index in [9.17, 15) is 4.79 Å². The van der Waals surface area contributed by atoms with Crippen LogP contribution < -0.4 is 4.90 Å². The molecule has 0 unspecified atom stereocenters. The number of para-hydroxylation sites is 1. The Kier molecular flexibility index (Phi) is 5.19. The maximum absolute atomic E-state index is 13.1. The van der Waals surface area contributed by atoms with Crippen molar-refractivity contribution in [2.24, 2.45) is 0 Å². The summed E-state index contributed by atoms with van der Waals surface area (Å²) in [6.07, 6.45) is 5.17. The smallest absolute Gasteiger partial charge is 0.261 e. The number of carbonyl (C=O) groups excluding carboxylic acids is 1. The average Bonchev–Trinajstić information content (AvgIpc) is 3.07. The van der Waals surface area contributed by atoms with E-state index in [0.717, 1.165) is 38.5 Å². The second kappa shape index (κ2) is 7.73. The molecule has 136 valence electrons. The molecule has 2 aliphatic rings. The van der Waals surface area contributed by atoms with Gasteiger partial charge >= 0.3 is 0 Å². The molecule has 0 saturated carbocycles. The van der Waals surface area contributed by atoms with Crippen LogP contribution in [-0.4, -0.2) is 66.4 Å². The third-order valence-corrected chi connectivity index (χ3v) is 5.53. The molecule has 0 radical (unpaired) electrons. The number of amides is 1. The highest BCUT2D eigenvalue weighted by Crippen LogP contribution is 2.37. The monoisotopic (exact) mass is 370 g/mol. The van der Waals surface area contributed by atoms with Gasteiger partial charge in [-0.1, -0.05) is 30.0 Å². The van der Waals surface area contributed by atoms with Gasteiger partial charge in [0.25, 0.3) is 5.91 Å². The topological polar surface area (TPSA) is 58.6 Å². The lowest BCUT2D eigenvalue weighted by Gasteiger charge is -2.29. The van der Waals surface area contributed by atoms with Crippen LogP contribution in [0.5, 0.6) is 0 Å². The van der Waals surface area contributed by atoms with Gasteiger partial charge in [-0.25, -0.2) is 9.97 Å². The number of hydrogen-bond acceptors (Lipinski definition) is 6. The summed E-state index contributed by atoms with van der Waals surface area (Å²) >= 11 is 1.47. The third kappa shape index (κ3) is 3.47. The highest BCUT2D eigenvalue weighted by molar-refractivity contribution is 7.98. The van der Waals surface area contributed by atoms with E-state index in [2.05, 4.69) is 27.0 Å². The van der Waals surface area contributed by atoms with E-state index in [4.69, 9.17) is 4.74 Å². The van der Waals surface area contributed by atoms with Gasteiger partial charge in [0.15, 0.2) is 5.16 Å². The van der Waals surface area contributed by atoms with E-state index in [1.807, 2.05) is 23.3 Å². The van der Waals surface area contributed by atoms with Crippen molar-refractivity contribution in [3.8, 4) is 0 Å². The van der Waals surface area contributed by atoms with E-state index < -0.39 is 0 Å². The van der Waals surface area contributed by atoms with Crippen LogP contribution in [0.3, 0.4) is 0 Å². The predicted molar refractivity (Wildman–Crippen MR) is 102 cm³/mol. The molecule has 1 fully saturated rings. The van der Waals surface area contributed by atoms with Crippen LogP contribution in [0.4, 0.5) is 5.69 Å². The van der Waals surface area contributed by atoms with Crippen LogP contribution in [0.1, 0.15) is 21.8 Å². The molecule has 0 N–H and O–H groups in total. The van der Waals surface area contributed by atoms with Crippen molar-refractivity contribution in [3.63, 3.8) is 0 Å². The lowest BCUT2D eigenvalue weighted by atomic mass is 10.0. The Morgan fingerprint density at radius 1 is 1.23 bits per heavy atom. The minimum atomic E-state index is -0.0328. The number of anilines is 1. The molecular weight excluding hydrogens is 348 g/mol. The minimum Gasteiger partial charge on any atom is -0.379 e. The standard InChI is InChI=1S/C19H22N4O2S/c1-26-19-20-10-14(11-21-19)18(24)23-13-15(12-22-6-8-25-9-7-22)16-4-2-3-5-17(16)23/h2-5,10-11,15H,6-9,12-13H2,1H3/t15-/m0/s1. The summed E-state index contributed by atoms with van der Waals surface area (Å²) in [5.74, 6) is 0.286. The summed E-state index contributed by atoms with van der Waals surface area (Å²) in [4.78, 5) is 25.8. The highest BCUT2D eigenvalue weighted by Gasteiger charge is 2.34. The Balaban J connectivity index is 1.55. The molecule has 26 heavy (non-hydrogen) atoms. The molecule has 2 aliphatic heterocycles. The maximum Gasteiger partial charge on any atom is 0.261 e. The Morgan fingerprint density at radius 3 is 2.69 bits per heavy atom. The van der Waals surface area contributed by atoms with Crippen molar-refractivity contribution >= 4 is 23.4 Å². The first kappa shape index (κ1) is 17.5. The maximum atomic E-state index is 13.1. The summed E-state index contributed by atoms with van der Waals surface area (Å²) in [6.45, 7) is 5.13. The zero-order chi connectivity index (χ0) is 17.9. The Morgan fingerprint density at radius 2 is 1.96 bits per heavy atom. The number of fused-ring (bicyclic) bond motifs is 1. The molecule has 1 aromatic heterocycles. The number of hydrogen-bond donors (Lipinski definition) is 0. The molecule has 2 aromatic rings. The molecule has 4 rings (SSSR count). The van der Waals surface area contributed by atoms with Gasteiger partial charge in [0.1, 0.15) is 0 Å². The van der Waals surface area contributed by atoms with Gasteiger partial charge in [-0.3, -0.25) is 9.69 Å². The van der Waals surface area contributed by atoms with Crippen molar-refractivity contribution in [2.75, 3.05) is 50.5 Å². The van der Waals surface area contributed by atoms with Crippen molar-refractivity contribution in [3.05, 3.63) is 47.8 Å². The summed E-state index contributed by atoms with van der Waals surface area (Å²) in [7, 11) is 0. The second-order valence-electron chi connectivity index (χ2n) is 6.54. The number of rotatable bonds is 4. The van der Waals surface area contributed by atoms with Crippen LogP contribution in [0.15, 0.2) is 41.8 Å². The van der Waals surface area contributed by atoms with Crippen molar-refractivity contribution in [2.45, 2.75) is 11.1 Å². The van der Waals surface area contributed by atoms with Crippen molar-refractivity contribution in [1.29, 1.82) is 0 Å². The normalized spacial score (nSPS) is 20.2. The summed E-state index contributed by atoms with van der Waals surface area (Å²) in [6, 6.07) is 8.21. The van der Waals surface area contributed by atoms with Gasteiger partial charge in [-0.15, -0.1) is 0 Å². The highest BCUT2D eigenvalue weighted by atomic mass is 32.2. The van der Waals surface area contributed by atoms with Gasteiger partial charge in [0, 0.05) is 50.2 Å². The number of nitrogens with zero attached hydrogens (tertiary/aromatic N) is 4. The van der Waals surface area contributed by atoms with Gasteiger partial charge < -0.3 is 9.64 Å². The first-order valence-electron chi connectivity index (χ1n) is 8.83. The zero-order valence-corrected chi connectivity index (χ0v) is 15.6. The quantitative estimate of drug-likeness (QED) is 0.608. The van der Waals surface area contributed by atoms with Gasteiger partial charge in [-0.05, 0) is 17.9 Å². The van der Waals surface area contributed by atoms with E-state index in [0.29, 0.717) is 23.2 Å². The molecule has 1 aromatic carbocycles. The van der Waals surface area contributed by atoms with Crippen LogP contribution in [0.25, 0.3) is 0 Å². The molecule has 0 aliphatic carbocycles. The van der Waals surface area contributed by atoms with Crippen LogP contribution in [0, 0.1) is 0 Å². The number of carbonyl (C=O) groups is 1. The first-order chi connectivity index (χ1) is 12.8. The molecule has 6 nitrogen and oxygen atoms in total. The predicted octanol–water partition coefficient (Wildman–Crippen LogP) is 2.27. The largest absolute Gasteiger partial charge is 0.379 e. The SMILES string of the molecule is CSc1ncc(C(=O)N2C[C@H](CN3CCOCC3)c3ccccc32)cn1. The Bertz CT molecular complexity index is 777. The van der Waals surface area contributed by atoms with Crippen molar-refractivity contribution in [1.82, 2.24) is 14.9 Å². The molecule has 7 heteroatoms. The fraction of sp³-hybridized carbons (Fsp3) is 0.421. The average molecular weight is 370 g/mol. The molecule has 1 atom stereocenters. The number of ether oxygens (including phenoxy) is 1. The zero-order valence-electron chi connectivity index (χ0n) is 14.8. The number of thioether (sulfide) groups is 1. The van der Waals surface area contributed by atoms with E-state index in [1.54, 1.807) is 12.4 Å². The molecular formula is C19H22N4O2S. The van der Waals surface area contributed by atoms with E-state index >= 15 is 0 Å². The lowest BCUT2D eigenvalue weighted by Crippen LogP contribution is -2.40. The number of morpholine rings is 1. The number of aromatic nitrogens is 2. The fourth-order valence-electron chi connectivity index (χ4n) is 3.63. The second-order valence-corrected chi connectivity index (χ2v) is 7.32. The van der Waals surface area contributed by atoms with Gasteiger partial charge in [0.05, 0.1) is 18.8 Å². The van der Waals surface area contributed by atoms with Crippen LogP contribution >= 0.6 is 11.8 Å². The fourth-order valence-corrected chi connectivity index (χ4v) is 3.94. The van der Waals surface area contributed by atoms with Crippen LogP contribution in [0.2, 0.25) is 0 Å². The Hall–Kier alpha value is -1.96. The van der Waals surface area contributed by atoms with E-state index in [1.165, 1.54) is 17.3 Å². The Labute approximate surface area is 157 Å². The number of benzene rings is 1. The lowest BCUT2D eigenvalue weighted by molar-refractivity contribution is 0.0356. The molecule has 1 amide bonds. The first-order valence-corrected chi connectivity index (χ1v) is 10.1. The molecule has 1 saturated heterocycles. The van der Waals surface area contributed by atoms with Crippen molar-refractivity contribution < 1.29 is 9.53 Å². The van der Waals surface area contributed by atoms with E-state index in [-0.39, 0.29) is 5.91 Å². The molecule has 3 heterocycles. The van der Waals surface area contributed by atoms with Gasteiger partial charge in [0.2, 0.25) is 0 Å². The summed E-state index contributed by atoms with van der Waals surface area (Å²) in [5.41, 5.74) is 2.78. The molecule has 0 bridgehead atoms. The summed E-state index contributed by atoms with van der Waals surface area (Å²) in [5, 5.41) is 0.675. The minimum absolute atomic E-state index is 0.0328.